The highest BCUT2D eigenvalue weighted by molar-refractivity contribution is 9.11. The summed E-state index contributed by atoms with van der Waals surface area (Å²) in [4.78, 5) is 16.0. The van der Waals surface area contributed by atoms with E-state index in [-0.39, 0.29) is 0 Å². The summed E-state index contributed by atoms with van der Waals surface area (Å²) in [5, 5.41) is 0. The molecule has 6 aliphatic rings. The average molecular weight is 1420 g/mol. The van der Waals surface area contributed by atoms with E-state index in [9.17, 15) is 0 Å². The summed E-state index contributed by atoms with van der Waals surface area (Å²) in [5.41, 5.74) is 4.11. The van der Waals surface area contributed by atoms with Crippen molar-refractivity contribution in [1.82, 2.24) is 0 Å². The first-order valence-corrected chi connectivity index (χ1v) is 39.2. The highest BCUT2D eigenvalue weighted by Crippen LogP contribution is 2.66. The second-order valence-corrected chi connectivity index (χ2v) is 33.9. The maximum absolute atomic E-state index is 6.65. The number of hydrogen-bond donors (Lipinski definition) is 0. The summed E-state index contributed by atoms with van der Waals surface area (Å²) in [6, 6.07) is 22.6. The lowest BCUT2D eigenvalue weighted by molar-refractivity contribution is -0.483. The van der Waals surface area contributed by atoms with E-state index in [0.29, 0.717) is 52.9 Å². The molecular weight excluding hydrogens is 1330 g/mol. The third kappa shape index (κ3) is 14.1. The van der Waals surface area contributed by atoms with Crippen LogP contribution < -0.4 is 0 Å². The van der Waals surface area contributed by atoms with Crippen LogP contribution in [0.25, 0.3) is 39.0 Å². The molecule has 0 bridgehead atoms. The number of ether oxygens (including phenoxy) is 8. The van der Waals surface area contributed by atoms with Gasteiger partial charge in [0.2, 0.25) is 0 Å². The van der Waals surface area contributed by atoms with Gasteiger partial charge in [-0.15, -0.1) is 79.4 Å². The van der Waals surface area contributed by atoms with Gasteiger partial charge in [0.05, 0.1) is 79.9 Å². The van der Waals surface area contributed by atoms with E-state index in [1.54, 1.807) is 27.6 Å². The molecule has 85 heavy (non-hydrogen) atoms. The number of thiophene rings is 7. The fraction of sp³-hybridized carbons (Fsp3) is 0.588. The van der Waals surface area contributed by atoms with Crippen LogP contribution in [0, 0.1) is 6.92 Å². The molecule has 0 spiro atoms. The SMILES string of the molecule is Brc1cc2c(s1)-c1sc(Br)cc1C13OCCOC21OCCO3.CCCCCCCCCc1ccc(-c2cc3c(s2)-c2sc(-c4ccc(CCCCCCCCC)s4)cc2C24OCCOC32OCCO4)s1.CCCCCCCCCc1ccc(C)s1. The molecule has 0 N–H and O–H groups in total. The lowest BCUT2D eigenvalue weighted by Gasteiger charge is -2.55. The first-order valence-electron chi connectivity index (χ1n) is 31.9. The van der Waals surface area contributed by atoms with E-state index in [2.05, 4.69) is 120 Å². The van der Waals surface area contributed by atoms with Crippen molar-refractivity contribution in [1.29, 1.82) is 0 Å². The second-order valence-electron chi connectivity index (χ2n) is 23.2. The van der Waals surface area contributed by atoms with Gasteiger partial charge < -0.3 is 37.9 Å². The summed E-state index contributed by atoms with van der Waals surface area (Å²) in [6.45, 7) is 12.9. The Hall–Kier alpha value is -1.46. The fourth-order valence-electron chi connectivity index (χ4n) is 12.8. The summed E-state index contributed by atoms with van der Waals surface area (Å²) >= 11 is 20.2. The number of fused-ring (bicyclic) bond motifs is 6. The minimum absolute atomic E-state index is 0.483. The van der Waals surface area contributed by atoms with Crippen molar-refractivity contribution in [2.75, 3.05) is 52.9 Å². The zero-order valence-corrected chi connectivity index (χ0v) is 59.2. The average Bonchev–Trinajstić information content (AvgIpc) is 1.67. The van der Waals surface area contributed by atoms with Crippen LogP contribution in [0.3, 0.4) is 0 Å². The number of unbranched alkanes of at least 4 members (excludes halogenated alkanes) is 18. The third-order valence-electron chi connectivity index (χ3n) is 17.0. The zero-order valence-electron chi connectivity index (χ0n) is 50.3. The van der Waals surface area contributed by atoms with Gasteiger partial charge in [-0.1, -0.05) is 136 Å². The monoisotopic (exact) mass is 1410 g/mol. The van der Waals surface area contributed by atoms with Gasteiger partial charge in [-0.05, 0) is 138 Å². The number of hydrogen-bond acceptors (Lipinski definition) is 15. The molecule has 0 radical (unpaired) electrons. The predicted molar refractivity (Wildman–Crippen MR) is 366 cm³/mol. The van der Waals surface area contributed by atoms with Gasteiger partial charge in [0.1, 0.15) is 0 Å². The number of aryl methyl sites for hydroxylation is 4. The first-order chi connectivity index (χ1) is 41.7. The highest BCUT2D eigenvalue weighted by atomic mass is 79.9. The molecule has 8 nitrogen and oxygen atoms in total. The standard InChI is InChI=1S/C40H52O4S4.C14H10Br2O4S2.C14H24S/c1-3-5-7-9-11-13-15-17-29-19-21-33(45-29)35-27-31-37(47-35)38-32(40-39(31,41-23-25-43-40)42-24-26-44-40)28-36(48-38)34-22-20-30(46-34)18-16-14-12-10-8-6-4-2;15-9-5-7-11(21-9)12-8(6-10(16)22-12)14-13(7,17-1-2-18-14)19-3-4-20-14;1-3-4-5-6-7-8-9-10-14-12-11-13(2)15-14/h19-22,27-28H,3-18,23-26H2,1-2H3;5-6H,1-4H2;11-12H,3-10H2,1-2H3. The van der Waals surface area contributed by atoms with Crippen LogP contribution in [0.4, 0.5) is 0 Å². The first kappa shape index (κ1) is 65.0. The van der Waals surface area contributed by atoms with Crippen molar-refractivity contribution >= 4 is 111 Å². The lowest BCUT2D eigenvalue weighted by atomic mass is 9.83. The van der Waals surface area contributed by atoms with E-state index in [1.165, 1.54) is 198 Å². The van der Waals surface area contributed by atoms with Crippen molar-refractivity contribution < 1.29 is 37.9 Å². The molecule has 17 heteroatoms. The molecule has 13 rings (SSSR count). The Morgan fingerprint density at radius 1 is 0.318 bits per heavy atom. The molecule has 462 valence electrons. The number of halogens is 2. The zero-order chi connectivity index (χ0) is 58.7. The Bertz CT molecular complexity index is 3000. The minimum Gasteiger partial charge on any atom is -0.339 e. The van der Waals surface area contributed by atoms with Gasteiger partial charge in [0, 0.05) is 61.3 Å². The van der Waals surface area contributed by atoms with E-state index in [1.807, 2.05) is 56.7 Å². The second kappa shape index (κ2) is 30.8. The lowest BCUT2D eigenvalue weighted by Crippen LogP contribution is -2.63. The summed E-state index contributed by atoms with van der Waals surface area (Å²) in [6.07, 6.45) is 32.4. The van der Waals surface area contributed by atoms with Gasteiger partial charge >= 0.3 is 0 Å². The normalized spacial score (nSPS) is 22.6. The van der Waals surface area contributed by atoms with Gasteiger partial charge in [0.25, 0.3) is 23.1 Å². The fourth-order valence-corrected chi connectivity index (χ4v) is 22.0. The molecular formula is C68H86Br2O8S7. The van der Waals surface area contributed by atoms with Crippen LogP contribution in [0.1, 0.15) is 197 Å². The van der Waals surface area contributed by atoms with Crippen LogP contribution in [-0.4, -0.2) is 52.9 Å². The minimum atomic E-state index is -1.09. The largest absolute Gasteiger partial charge is 0.339 e. The molecule has 0 atom stereocenters. The molecule has 0 unspecified atom stereocenters. The quantitative estimate of drug-likeness (QED) is 0.0497. The Kier molecular flexibility index (Phi) is 23.6. The molecule has 4 fully saturated rings. The van der Waals surface area contributed by atoms with Crippen molar-refractivity contribution in [3.63, 3.8) is 0 Å². The van der Waals surface area contributed by atoms with Gasteiger partial charge in [-0.2, -0.15) is 0 Å². The van der Waals surface area contributed by atoms with Crippen molar-refractivity contribution in [3.8, 4) is 39.0 Å². The van der Waals surface area contributed by atoms with Crippen LogP contribution in [0.2, 0.25) is 0 Å². The molecule has 4 aliphatic heterocycles. The van der Waals surface area contributed by atoms with Gasteiger partial charge in [0.15, 0.2) is 0 Å². The van der Waals surface area contributed by atoms with E-state index in [4.69, 9.17) is 37.9 Å². The molecule has 2 aliphatic carbocycles. The van der Waals surface area contributed by atoms with Crippen molar-refractivity contribution in [2.45, 2.75) is 205 Å². The molecule has 4 saturated heterocycles. The van der Waals surface area contributed by atoms with E-state index >= 15 is 0 Å². The molecule has 0 aromatic carbocycles. The maximum atomic E-state index is 6.65. The summed E-state index contributed by atoms with van der Waals surface area (Å²) in [5.74, 6) is -4.22. The van der Waals surface area contributed by atoms with Crippen LogP contribution in [0.5, 0.6) is 0 Å². The van der Waals surface area contributed by atoms with Crippen LogP contribution in [0.15, 0.2) is 68.2 Å². The topological polar surface area (TPSA) is 73.8 Å². The molecule has 11 heterocycles. The van der Waals surface area contributed by atoms with E-state index < -0.39 is 23.1 Å². The Labute approximate surface area is 550 Å². The highest BCUT2D eigenvalue weighted by Gasteiger charge is 2.69. The van der Waals surface area contributed by atoms with Crippen LogP contribution >= 0.6 is 111 Å². The molecule has 0 saturated carbocycles. The van der Waals surface area contributed by atoms with Gasteiger partial charge in [-0.3, -0.25) is 0 Å². The van der Waals surface area contributed by atoms with Crippen molar-refractivity contribution in [3.05, 3.63) is 110 Å². The summed E-state index contributed by atoms with van der Waals surface area (Å²) < 4.78 is 53.4. The molecule has 7 aromatic rings. The van der Waals surface area contributed by atoms with Crippen LogP contribution in [-0.2, 0) is 80.3 Å². The summed E-state index contributed by atoms with van der Waals surface area (Å²) in [7, 11) is 0. The number of rotatable bonds is 26. The third-order valence-corrected chi connectivity index (χ3v) is 26.6. The van der Waals surface area contributed by atoms with Gasteiger partial charge in [-0.25, -0.2) is 0 Å². The molecule has 7 aromatic heterocycles. The molecule has 0 amide bonds. The Morgan fingerprint density at radius 2 is 0.600 bits per heavy atom. The van der Waals surface area contributed by atoms with E-state index in [0.717, 1.165) is 39.6 Å². The Balaban J connectivity index is 0.000000165. The van der Waals surface area contributed by atoms with Crippen molar-refractivity contribution in [2.24, 2.45) is 0 Å². The Morgan fingerprint density at radius 3 is 0.918 bits per heavy atom. The smallest absolute Gasteiger partial charge is 0.257 e. The maximum Gasteiger partial charge on any atom is 0.257 e. The predicted octanol–water partition coefficient (Wildman–Crippen LogP) is 22.7.